The highest BCUT2D eigenvalue weighted by Gasteiger charge is 2.25. The van der Waals surface area contributed by atoms with Gasteiger partial charge in [0.05, 0.1) is 11.7 Å². The fraction of sp³-hybridized carbons (Fsp3) is 0.500. The van der Waals surface area contributed by atoms with Crippen LogP contribution >= 0.6 is 0 Å². The molecule has 1 amide bonds. The molecule has 0 spiro atoms. The molecule has 1 heterocycles. The second-order valence-electron chi connectivity index (χ2n) is 4.55. The molecule has 0 aromatic heterocycles. The molecule has 1 aliphatic rings. The Morgan fingerprint density at radius 2 is 2.22 bits per heavy atom. The van der Waals surface area contributed by atoms with Gasteiger partial charge in [0.25, 0.3) is 5.91 Å². The first kappa shape index (κ1) is 12.9. The lowest BCUT2D eigenvalue weighted by atomic mass is 10.1. The van der Waals surface area contributed by atoms with E-state index < -0.39 is 0 Å². The van der Waals surface area contributed by atoms with Crippen molar-refractivity contribution in [2.24, 2.45) is 0 Å². The van der Waals surface area contributed by atoms with Gasteiger partial charge in [0.2, 0.25) is 0 Å². The molecule has 0 radical (unpaired) electrons. The number of para-hydroxylation sites is 1. The first-order valence-corrected chi connectivity index (χ1v) is 6.35. The summed E-state index contributed by atoms with van der Waals surface area (Å²) in [7, 11) is 3.54. The molecule has 0 bridgehead atoms. The average Bonchev–Trinajstić information content (AvgIpc) is 2.46. The lowest BCUT2D eigenvalue weighted by Crippen LogP contribution is -2.43. The third-order valence-electron chi connectivity index (χ3n) is 3.43. The number of carbonyl (C=O) groups excluding carboxylic acids is 1. The van der Waals surface area contributed by atoms with Crippen LogP contribution < -0.4 is 5.32 Å². The second-order valence-corrected chi connectivity index (χ2v) is 4.55. The Balaban J connectivity index is 2.15. The predicted octanol–water partition coefficient (Wildman–Crippen LogP) is 1.98. The average molecular weight is 248 g/mol. The molecule has 1 atom stereocenters. The van der Waals surface area contributed by atoms with Crippen LogP contribution in [0.15, 0.2) is 24.3 Å². The number of piperidine rings is 1. The van der Waals surface area contributed by atoms with Gasteiger partial charge >= 0.3 is 0 Å². The molecule has 18 heavy (non-hydrogen) atoms. The highest BCUT2D eigenvalue weighted by Crippen LogP contribution is 2.20. The van der Waals surface area contributed by atoms with Crippen molar-refractivity contribution >= 4 is 11.6 Å². The number of anilines is 1. The molecule has 1 fully saturated rings. The number of nitrogens with zero attached hydrogens (tertiary/aromatic N) is 1. The highest BCUT2D eigenvalue weighted by molar-refractivity contribution is 5.99. The molecule has 1 aliphatic heterocycles. The Bertz CT molecular complexity index is 420. The summed E-state index contributed by atoms with van der Waals surface area (Å²) in [5.41, 5.74) is 1.61. The van der Waals surface area contributed by atoms with Gasteiger partial charge in [-0.3, -0.25) is 4.79 Å². The molecule has 2 rings (SSSR count). The Labute approximate surface area is 108 Å². The monoisotopic (exact) mass is 248 g/mol. The Morgan fingerprint density at radius 1 is 1.44 bits per heavy atom. The third kappa shape index (κ3) is 2.64. The molecule has 1 aromatic carbocycles. The van der Waals surface area contributed by atoms with Crippen LogP contribution in [-0.2, 0) is 4.74 Å². The summed E-state index contributed by atoms with van der Waals surface area (Å²) in [6.45, 7) is 1.50. The number of likely N-dealkylation sites (tertiary alicyclic amines) is 1. The molecule has 4 nitrogen and oxygen atoms in total. The molecule has 0 saturated carbocycles. The Kier molecular flexibility index (Phi) is 4.20. The first-order valence-electron chi connectivity index (χ1n) is 6.35. The van der Waals surface area contributed by atoms with Gasteiger partial charge in [-0.2, -0.15) is 0 Å². The summed E-state index contributed by atoms with van der Waals surface area (Å²) in [6.07, 6.45) is 2.21. The van der Waals surface area contributed by atoms with Crippen molar-refractivity contribution in [3.05, 3.63) is 29.8 Å². The lowest BCUT2D eigenvalue weighted by Gasteiger charge is -2.32. The normalized spacial score (nSPS) is 19.7. The number of rotatable bonds is 3. The summed E-state index contributed by atoms with van der Waals surface area (Å²) < 4.78 is 5.35. The SMILES string of the molecule is CNc1ccccc1C(=O)N1CCCC(OC)C1. The van der Waals surface area contributed by atoms with Crippen molar-refractivity contribution in [2.45, 2.75) is 18.9 Å². The number of hydrogen-bond donors (Lipinski definition) is 1. The van der Waals surface area contributed by atoms with E-state index in [-0.39, 0.29) is 12.0 Å². The number of benzene rings is 1. The van der Waals surface area contributed by atoms with E-state index in [4.69, 9.17) is 4.74 Å². The number of ether oxygens (including phenoxy) is 1. The fourth-order valence-corrected chi connectivity index (χ4v) is 2.37. The number of hydrogen-bond acceptors (Lipinski definition) is 3. The lowest BCUT2D eigenvalue weighted by molar-refractivity contribution is 0.0269. The fourth-order valence-electron chi connectivity index (χ4n) is 2.37. The van der Waals surface area contributed by atoms with Crippen molar-refractivity contribution < 1.29 is 9.53 Å². The molecule has 1 saturated heterocycles. The largest absolute Gasteiger partial charge is 0.387 e. The molecule has 98 valence electrons. The van der Waals surface area contributed by atoms with Crippen LogP contribution in [0.1, 0.15) is 23.2 Å². The minimum absolute atomic E-state index is 0.0849. The van der Waals surface area contributed by atoms with Crippen LogP contribution in [0.3, 0.4) is 0 Å². The molecule has 4 heteroatoms. The van der Waals surface area contributed by atoms with Crippen molar-refractivity contribution in [1.82, 2.24) is 4.90 Å². The van der Waals surface area contributed by atoms with Crippen LogP contribution in [0.4, 0.5) is 5.69 Å². The van der Waals surface area contributed by atoms with Crippen molar-refractivity contribution in [3.63, 3.8) is 0 Å². The minimum atomic E-state index is 0.0849. The zero-order chi connectivity index (χ0) is 13.0. The molecule has 0 aliphatic carbocycles. The predicted molar refractivity (Wildman–Crippen MR) is 71.9 cm³/mol. The van der Waals surface area contributed by atoms with Gasteiger partial charge in [-0.25, -0.2) is 0 Å². The van der Waals surface area contributed by atoms with Crippen molar-refractivity contribution in [2.75, 3.05) is 32.6 Å². The van der Waals surface area contributed by atoms with Gasteiger partial charge in [0, 0.05) is 32.9 Å². The van der Waals surface area contributed by atoms with Gasteiger partial charge in [-0.1, -0.05) is 12.1 Å². The van der Waals surface area contributed by atoms with E-state index in [0.717, 1.165) is 30.6 Å². The minimum Gasteiger partial charge on any atom is -0.387 e. The van der Waals surface area contributed by atoms with Crippen molar-refractivity contribution in [1.29, 1.82) is 0 Å². The molecule has 1 unspecified atom stereocenters. The zero-order valence-corrected chi connectivity index (χ0v) is 11.0. The van der Waals surface area contributed by atoms with Gasteiger partial charge in [0.15, 0.2) is 0 Å². The summed E-state index contributed by atoms with van der Waals surface area (Å²) in [4.78, 5) is 14.4. The molecule has 1 aromatic rings. The molecule has 1 N–H and O–H groups in total. The van der Waals surface area contributed by atoms with Gasteiger partial charge in [0.1, 0.15) is 0 Å². The van der Waals surface area contributed by atoms with E-state index in [0.29, 0.717) is 6.54 Å². The Morgan fingerprint density at radius 3 is 2.94 bits per heavy atom. The Hall–Kier alpha value is -1.55. The first-order chi connectivity index (χ1) is 8.76. The van der Waals surface area contributed by atoms with E-state index in [2.05, 4.69) is 5.32 Å². The van der Waals surface area contributed by atoms with E-state index >= 15 is 0 Å². The standard InChI is InChI=1S/C14H20N2O2/c1-15-13-8-4-3-7-12(13)14(17)16-9-5-6-11(10-16)18-2/h3-4,7-8,11,15H,5-6,9-10H2,1-2H3. The topological polar surface area (TPSA) is 41.6 Å². The van der Waals surface area contributed by atoms with Crippen LogP contribution in [0.5, 0.6) is 0 Å². The maximum atomic E-state index is 12.5. The number of nitrogens with one attached hydrogen (secondary N) is 1. The third-order valence-corrected chi connectivity index (χ3v) is 3.43. The number of methoxy groups -OCH3 is 1. The van der Waals surface area contributed by atoms with E-state index in [1.54, 1.807) is 7.11 Å². The van der Waals surface area contributed by atoms with E-state index in [1.807, 2.05) is 36.2 Å². The van der Waals surface area contributed by atoms with E-state index in [9.17, 15) is 4.79 Å². The zero-order valence-electron chi connectivity index (χ0n) is 11.0. The molecular formula is C14H20N2O2. The van der Waals surface area contributed by atoms with Crippen LogP contribution in [0, 0.1) is 0 Å². The summed E-state index contributed by atoms with van der Waals surface area (Å²) in [6, 6.07) is 7.61. The van der Waals surface area contributed by atoms with Gasteiger partial charge in [-0.05, 0) is 25.0 Å². The van der Waals surface area contributed by atoms with Crippen LogP contribution in [0.2, 0.25) is 0 Å². The van der Waals surface area contributed by atoms with Crippen molar-refractivity contribution in [3.8, 4) is 0 Å². The van der Waals surface area contributed by atoms with Gasteiger partial charge < -0.3 is 15.0 Å². The van der Waals surface area contributed by atoms with Gasteiger partial charge in [-0.15, -0.1) is 0 Å². The number of carbonyl (C=O) groups is 1. The van der Waals surface area contributed by atoms with E-state index in [1.165, 1.54) is 0 Å². The van der Waals surface area contributed by atoms with Crippen LogP contribution in [0.25, 0.3) is 0 Å². The summed E-state index contributed by atoms with van der Waals surface area (Å²) in [5.74, 6) is 0.0849. The number of amides is 1. The quantitative estimate of drug-likeness (QED) is 0.889. The molecular weight excluding hydrogens is 228 g/mol. The summed E-state index contributed by atoms with van der Waals surface area (Å²) >= 11 is 0. The maximum Gasteiger partial charge on any atom is 0.256 e. The smallest absolute Gasteiger partial charge is 0.256 e. The summed E-state index contributed by atoms with van der Waals surface area (Å²) in [5, 5.41) is 3.06. The maximum absolute atomic E-state index is 12.5. The highest BCUT2D eigenvalue weighted by atomic mass is 16.5. The van der Waals surface area contributed by atoms with Crippen LogP contribution in [-0.4, -0.2) is 44.2 Å². The second kappa shape index (κ2) is 5.87.